The maximum absolute atomic E-state index is 5.93. The van der Waals surface area contributed by atoms with E-state index in [9.17, 15) is 0 Å². The molecule has 2 heteroatoms. The highest BCUT2D eigenvalue weighted by Gasteiger charge is 2.22. The molecule has 2 unspecified atom stereocenters. The molecule has 0 radical (unpaired) electrons. The van der Waals surface area contributed by atoms with Crippen LogP contribution in [0.25, 0.3) is 0 Å². The Morgan fingerprint density at radius 2 is 1.90 bits per heavy atom. The fraction of sp³-hybridized carbons (Fsp3) is 0.333. The topological polar surface area (TPSA) is 12.0 Å². The molecule has 0 bridgehead atoms. The van der Waals surface area contributed by atoms with Crippen LogP contribution in [0.1, 0.15) is 36.1 Å². The quantitative estimate of drug-likeness (QED) is 0.869. The Labute approximate surface area is 126 Å². The van der Waals surface area contributed by atoms with Crippen molar-refractivity contribution in [3.63, 3.8) is 0 Å². The molecule has 0 heterocycles. The Balaban J connectivity index is 1.62. The van der Waals surface area contributed by atoms with Crippen LogP contribution in [0.2, 0.25) is 5.02 Å². The van der Waals surface area contributed by atoms with Crippen molar-refractivity contribution < 1.29 is 0 Å². The summed E-state index contributed by atoms with van der Waals surface area (Å²) in [4.78, 5) is 0. The van der Waals surface area contributed by atoms with E-state index in [1.807, 2.05) is 12.1 Å². The molecule has 2 aromatic rings. The second kappa shape index (κ2) is 5.99. The number of nitrogens with one attached hydrogen (secondary N) is 1. The lowest BCUT2D eigenvalue weighted by molar-refractivity contribution is 0.451. The van der Waals surface area contributed by atoms with Gasteiger partial charge in [-0.15, -0.1) is 0 Å². The third kappa shape index (κ3) is 3.05. The SMILES string of the molecule is CC(Cc1ccc(Cl)cc1)NC1CCc2ccccc21. The first-order chi connectivity index (χ1) is 9.72. The summed E-state index contributed by atoms with van der Waals surface area (Å²) in [6.07, 6.45) is 3.45. The fourth-order valence-electron chi connectivity index (χ4n) is 3.11. The normalized spacial score (nSPS) is 18.8. The van der Waals surface area contributed by atoms with Crippen LogP contribution in [0.3, 0.4) is 0 Å². The minimum Gasteiger partial charge on any atom is -0.307 e. The number of fused-ring (bicyclic) bond motifs is 1. The van der Waals surface area contributed by atoms with Crippen LogP contribution in [0, 0.1) is 0 Å². The Morgan fingerprint density at radius 1 is 1.15 bits per heavy atom. The Bertz CT molecular complexity index is 576. The number of hydrogen-bond donors (Lipinski definition) is 1. The lowest BCUT2D eigenvalue weighted by Gasteiger charge is -2.20. The van der Waals surface area contributed by atoms with Crippen LogP contribution in [0.15, 0.2) is 48.5 Å². The van der Waals surface area contributed by atoms with Gasteiger partial charge in [-0.25, -0.2) is 0 Å². The van der Waals surface area contributed by atoms with E-state index in [-0.39, 0.29) is 0 Å². The van der Waals surface area contributed by atoms with E-state index >= 15 is 0 Å². The van der Waals surface area contributed by atoms with Crippen molar-refractivity contribution in [2.45, 2.75) is 38.3 Å². The average molecular weight is 286 g/mol. The summed E-state index contributed by atoms with van der Waals surface area (Å²) in [5.74, 6) is 0. The Morgan fingerprint density at radius 3 is 2.70 bits per heavy atom. The summed E-state index contributed by atoms with van der Waals surface area (Å²) in [6, 6.07) is 17.9. The van der Waals surface area contributed by atoms with Crippen LogP contribution in [0.4, 0.5) is 0 Å². The molecule has 0 spiro atoms. The van der Waals surface area contributed by atoms with E-state index in [0.717, 1.165) is 11.4 Å². The summed E-state index contributed by atoms with van der Waals surface area (Å²) in [5, 5.41) is 4.57. The van der Waals surface area contributed by atoms with Crippen LogP contribution in [-0.2, 0) is 12.8 Å². The van der Waals surface area contributed by atoms with Crippen LogP contribution in [-0.4, -0.2) is 6.04 Å². The van der Waals surface area contributed by atoms with Crippen LogP contribution < -0.4 is 5.32 Å². The third-order valence-corrected chi connectivity index (χ3v) is 4.33. The number of aryl methyl sites for hydroxylation is 1. The zero-order chi connectivity index (χ0) is 13.9. The molecule has 1 nitrogen and oxygen atoms in total. The summed E-state index contributed by atoms with van der Waals surface area (Å²) < 4.78 is 0. The van der Waals surface area contributed by atoms with E-state index in [4.69, 9.17) is 11.6 Å². The average Bonchev–Trinajstić information content (AvgIpc) is 2.85. The van der Waals surface area contributed by atoms with E-state index in [1.54, 1.807) is 0 Å². The largest absolute Gasteiger partial charge is 0.307 e. The molecule has 0 saturated heterocycles. The molecule has 0 fully saturated rings. The van der Waals surface area contributed by atoms with Crippen molar-refractivity contribution in [2.24, 2.45) is 0 Å². The van der Waals surface area contributed by atoms with E-state index in [2.05, 4.69) is 48.6 Å². The second-order valence-corrected chi connectivity index (χ2v) is 6.12. The van der Waals surface area contributed by atoms with Crippen molar-refractivity contribution in [3.05, 3.63) is 70.2 Å². The fourth-order valence-corrected chi connectivity index (χ4v) is 3.23. The predicted molar refractivity (Wildman–Crippen MR) is 85.3 cm³/mol. The summed E-state index contributed by atoms with van der Waals surface area (Å²) in [6.45, 7) is 2.26. The monoisotopic (exact) mass is 285 g/mol. The van der Waals surface area contributed by atoms with Gasteiger partial charge in [0.2, 0.25) is 0 Å². The van der Waals surface area contributed by atoms with Gasteiger partial charge in [0.15, 0.2) is 0 Å². The molecular formula is C18H20ClN. The van der Waals surface area contributed by atoms with Gasteiger partial charge in [-0.2, -0.15) is 0 Å². The summed E-state index contributed by atoms with van der Waals surface area (Å²) in [5.41, 5.74) is 4.32. The highest BCUT2D eigenvalue weighted by atomic mass is 35.5. The smallest absolute Gasteiger partial charge is 0.0406 e. The molecule has 0 amide bonds. The van der Waals surface area contributed by atoms with Gasteiger partial charge in [-0.05, 0) is 55.0 Å². The zero-order valence-corrected chi connectivity index (χ0v) is 12.5. The van der Waals surface area contributed by atoms with Gasteiger partial charge in [0.1, 0.15) is 0 Å². The van der Waals surface area contributed by atoms with Gasteiger partial charge >= 0.3 is 0 Å². The van der Waals surface area contributed by atoms with Gasteiger partial charge in [0.05, 0.1) is 0 Å². The first kappa shape index (κ1) is 13.7. The standard InChI is InChI=1S/C18H20ClN/c1-13(12-14-6-9-16(19)10-7-14)20-18-11-8-15-4-2-3-5-17(15)18/h2-7,9-10,13,18,20H,8,11-12H2,1H3. The van der Waals surface area contributed by atoms with Crippen molar-refractivity contribution in [3.8, 4) is 0 Å². The predicted octanol–water partition coefficient (Wildman–Crippen LogP) is 4.55. The molecule has 2 atom stereocenters. The number of hydrogen-bond acceptors (Lipinski definition) is 1. The van der Waals surface area contributed by atoms with Crippen molar-refractivity contribution in [1.29, 1.82) is 0 Å². The van der Waals surface area contributed by atoms with Crippen molar-refractivity contribution in [1.82, 2.24) is 5.32 Å². The van der Waals surface area contributed by atoms with Crippen molar-refractivity contribution in [2.75, 3.05) is 0 Å². The molecule has 1 N–H and O–H groups in total. The van der Waals surface area contributed by atoms with Gasteiger partial charge in [0.25, 0.3) is 0 Å². The van der Waals surface area contributed by atoms with E-state index in [0.29, 0.717) is 12.1 Å². The molecule has 3 rings (SSSR count). The summed E-state index contributed by atoms with van der Waals surface area (Å²) in [7, 11) is 0. The lowest BCUT2D eigenvalue weighted by atomic mass is 10.0. The van der Waals surface area contributed by atoms with Crippen LogP contribution in [0.5, 0.6) is 0 Å². The molecule has 1 aliphatic rings. The lowest BCUT2D eigenvalue weighted by Crippen LogP contribution is -2.31. The second-order valence-electron chi connectivity index (χ2n) is 5.69. The molecule has 20 heavy (non-hydrogen) atoms. The van der Waals surface area contributed by atoms with Gasteiger partial charge in [0, 0.05) is 17.1 Å². The third-order valence-electron chi connectivity index (χ3n) is 4.07. The minimum atomic E-state index is 0.465. The number of benzene rings is 2. The Kier molecular flexibility index (Phi) is 4.09. The number of halogens is 1. The summed E-state index contributed by atoms with van der Waals surface area (Å²) >= 11 is 5.93. The number of rotatable bonds is 4. The Hall–Kier alpha value is -1.31. The van der Waals surface area contributed by atoms with Gasteiger partial charge < -0.3 is 5.32 Å². The molecule has 2 aromatic carbocycles. The minimum absolute atomic E-state index is 0.465. The molecular weight excluding hydrogens is 266 g/mol. The molecule has 104 valence electrons. The first-order valence-corrected chi connectivity index (χ1v) is 7.68. The van der Waals surface area contributed by atoms with E-state index in [1.165, 1.54) is 29.5 Å². The van der Waals surface area contributed by atoms with Crippen molar-refractivity contribution >= 4 is 11.6 Å². The van der Waals surface area contributed by atoms with Gasteiger partial charge in [-0.3, -0.25) is 0 Å². The van der Waals surface area contributed by atoms with Gasteiger partial charge in [-0.1, -0.05) is 48.0 Å². The molecule has 0 saturated carbocycles. The molecule has 0 aromatic heterocycles. The first-order valence-electron chi connectivity index (χ1n) is 7.30. The zero-order valence-electron chi connectivity index (χ0n) is 11.8. The maximum Gasteiger partial charge on any atom is 0.0406 e. The molecule has 1 aliphatic carbocycles. The highest BCUT2D eigenvalue weighted by Crippen LogP contribution is 2.31. The maximum atomic E-state index is 5.93. The molecule has 0 aliphatic heterocycles. The van der Waals surface area contributed by atoms with E-state index < -0.39 is 0 Å². The van der Waals surface area contributed by atoms with Crippen LogP contribution >= 0.6 is 11.6 Å². The highest BCUT2D eigenvalue weighted by molar-refractivity contribution is 6.30.